The van der Waals surface area contributed by atoms with Crippen LogP contribution in [0.1, 0.15) is 20.3 Å². The molecule has 2 fully saturated rings. The van der Waals surface area contributed by atoms with Crippen molar-refractivity contribution in [2.45, 2.75) is 67.4 Å². The molecule has 0 aromatic heterocycles. The van der Waals surface area contributed by atoms with Crippen molar-refractivity contribution in [2.24, 2.45) is 0 Å². The van der Waals surface area contributed by atoms with Crippen LogP contribution in [-0.4, -0.2) is 47.1 Å². The Morgan fingerprint density at radius 3 is 1.16 bits per heavy atom. The Morgan fingerprint density at radius 1 is 0.640 bits per heavy atom. The van der Waals surface area contributed by atoms with Gasteiger partial charge in [0.25, 0.3) is 0 Å². The Kier molecular flexibility index (Phi) is 3.66. The monoisotopic (exact) mass is 400 g/mol. The summed E-state index contributed by atoms with van der Waals surface area (Å²) in [7, 11) is 0. The number of rotatable bonds is 2. The molecule has 1 saturated carbocycles. The van der Waals surface area contributed by atoms with E-state index < -0.39 is 53.5 Å². The molecule has 25 heavy (non-hydrogen) atoms. The molecule has 1 aliphatic carbocycles. The Hall–Kier alpha value is -0.920. The van der Waals surface area contributed by atoms with Crippen molar-refractivity contribution in [3.8, 4) is 0 Å². The van der Waals surface area contributed by atoms with Gasteiger partial charge < -0.3 is 0 Å². The summed E-state index contributed by atoms with van der Waals surface area (Å²) < 4.78 is 170. The van der Waals surface area contributed by atoms with Gasteiger partial charge in [-0.2, -0.15) is 43.9 Å². The highest BCUT2D eigenvalue weighted by Crippen LogP contribution is 2.73. The van der Waals surface area contributed by atoms with Gasteiger partial charge in [-0.05, 0) is 6.92 Å². The Bertz CT molecular complexity index is 550. The summed E-state index contributed by atoms with van der Waals surface area (Å²) in [5.74, 6) is -50.1. The second kappa shape index (κ2) is 4.49. The molecule has 1 heterocycles. The first-order valence-corrected chi connectivity index (χ1v) is 6.39. The van der Waals surface area contributed by atoms with Gasteiger partial charge in [0.15, 0.2) is 0 Å². The van der Waals surface area contributed by atoms with Crippen molar-refractivity contribution < 1.29 is 62.2 Å². The molecule has 2 rings (SSSR count). The first kappa shape index (κ1) is 20.4. The van der Waals surface area contributed by atoms with E-state index in [1.165, 1.54) is 0 Å². The fraction of sp³-hybridized carbons (Fsp3) is 1.00. The van der Waals surface area contributed by atoms with Gasteiger partial charge in [0.2, 0.25) is 5.79 Å². The first-order chi connectivity index (χ1) is 10.7. The molecule has 1 aliphatic heterocycles. The van der Waals surface area contributed by atoms with E-state index in [1.54, 1.807) is 0 Å². The maximum absolute atomic E-state index is 14.3. The molecule has 0 amide bonds. The lowest BCUT2D eigenvalue weighted by molar-refractivity contribution is -0.507. The van der Waals surface area contributed by atoms with Crippen molar-refractivity contribution in [3.63, 3.8) is 0 Å². The quantitative estimate of drug-likeness (QED) is 0.627. The standard InChI is InChI=1S/C11H8F12O2/c1-3-5(12,13)4(2)24-10(22)8(18,19)6(14,15)7(16,17)9(20,21)11(10,23)25-4/h3H2,1-2H3. The SMILES string of the molecule is CCC(F)(F)C1(C)OC2(F)C(F)(F)C(F)(F)C(F)(F)C(F)(F)C2(F)O1. The maximum Gasteiger partial charge on any atom is 0.384 e. The summed E-state index contributed by atoms with van der Waals surface area (Å²) in [5.41, 5.74) is 0. The van der Waals surface area contributed by atoms with Crippen LogP contribution in [0.5, 0.6) is 0 Å². The van der Waals surface area contributed by atoms with E-state index in [9.17, 15) is 52.7 Å². The van der Waals surface area contributed by atoms with Crippen molar-refractivity contribution in [3.05, 3.63) is 0 Å². The molecule has 148 valence electrons. The minimum absolute atomic E-state index is 0.222. The highest BCUT2D eigenvalue weighted by atomic mass is 19.4. The fourth-order valence-electron chi connectivity index (χ4n) is 2.49. The van der Waals surface area contributed by atoms with Gasteiger partial charge in [-0.3, -0.25) is 9.47 Å². The Morgan fingerprint density at radius 2 is 0.920 bits per heavy atom. The predicted molar refractivity (Wildman–Crippen MR) is 53.3 cm³/mol. The predicted octanol–water partition coefficient (Wildman–Crippen LogP) is 4.68. The third kappa shape index (κ3) is 1.73. The summed E-state index contributed by atoms with van der Waals surface area (Å²) in [4.78, 5) is 0. The highest BCUT2D eigenvalue weighted by Gasteiger charge is 3.05. The molecule has 0 aromatic carbocycles. The number of halogens is 12. The summed E-state index contributed by atoms with van der Waals surface area (Å²) in [6, 6.07) is 0. The molecule has 2 unspecified atom stereocenters. The summed E-state index contributed by atoms with van der Waals surface area (Å²) in [6.45, 7) is 0.342. The number of hydrogen-bond acceptors (Lipinski definition) is 2. The van der Waals surface area contributed by atoms with Crippen LogP contribution in [0.4, 0.5) is 52.7 Å². The minimum Gasteiger partial charge on any atom is -0.298 e. The van der Waals surface area contributed by atoms with Gasteiger partial charge >= 0.3 is 41.3 Å². The van der Waals surface area contributed by atoms with Crippen LogP contribution in [0, 0.1) is 0 Å². The van der Waals surface area contributed by atoms with Gasteiger partial charge in [0.1, 0.15) is 0 Å². The van der Waals surface area contributed by atoms with Crippen LogP contribution >= 0.6 is 0 Å². The lowest BCUT2D eigenvalue weighted by atomic mass is 9.78. The average molecular weight is 400 g/mol. The Balaban J connectivity index is 2.83. The second-order valence-corrected chi connectivity index (χ2v) is 5.70. The molecule has 2 atom stereocenters. The van der Waals surface area contributed by atoms with Crippen LogP contribution < -0.4 is 0 Å². The molecule has 0 N–H and O–H groups in total. The average Bonchev–Trinajstić information content (AvgIpc) is 2.68. The second-order valence-electron chi connectivity index (χ2n) is 5.70. The Labute approximate surface area is 131 Å². The number of fused-ring (bicyclic) bond motifs is 1. The topological polar surface area (TPSA) is 18.5 Å². The van der Waals surface area contributed by atoms with Gasteiger partial charge in [-0.15, -0.1) is 0 Å². The first-order valence-electron chi connectivity index (χ1n) is 6.39. The summed E-state index contributed by atoms with van der Waals surface area (Å²) in [5, 5.41) is 0. The molecule has 2 nitrogen and oxygen atoms in total. The minimum atomic E-state index is -7.20. The molecule has 0 aromatic rings. The van der Waals surface area contributed by atoms with E-state index in [4.69, 9.17) is 0 Å². The van der Waals surface area contributed by atoms with E-state index in [0.29, 0.717) is 6.92 Å². The smallest absolute Gasteiger partial charge is 0.298 e. The molecule has 14 heteroatoms. The third-order valence-electron chi connectivity index (χ3n) is 4.18. The van der Waals surface area contributed by atoms with E-state index in [2.05, 4.69) is 9.47 Å². The van der Waals surface area contributed by atoms with Crippen molar-refractivity contribution in [2.75, 3.05) is 0 Å². The zero-order valence-corrected chi connectivity index (χ0v) is 12.1. The van der Waals surface area contributed by atoms with E-state index >= 15 is 0 Å². The lowest BCUT2D eigenvalue weighted by Crippen LogP contribution is -2.84. The van der Waals surface area contributed by atoms with Crippen LogP contribution in [0.15, 0.2) is 0 Å². The van der Waals surface area contributed by atoms with Crippen LogP contribution in [0.3, 0.4) is 0 Å². The number of hydrogen-bond donors (Lipinski definition) is 0. The van der Waals surface area contributed by atoms with E-state index in [0.717, 1.165) is 0 Å². The van der Waals surface area contributed by atoms with Crippen molar-refractivity contribution in [1.29, 1.82) is 0 Å². The third-order valence-corrected chi connectivity index (χ3v) is 4.18. The fourth-order valence-corrected chi connectivity index (χ4v) is 2.49. The van der Waals surface area contributed by atoms with Crippen molar-refractivity contribution in [1.82, 2.24) is 0 Å². The van der Waals surface area contributed by atoms with Gasteiger partial charge in [-0.1, -0.05) is 6.92 Å². The lowest BCUT2D eigenvalue weighted by Gasteiger charge is -2.50. The van der Waals surface area contributed by atoms with Crippen LogP contribution in [-0.2, 0) is 9.47 Å². The van der Waals surface area contributed by atoms with Gasteiger partial charge in [0.05, 0.1) is 0 Å². The number of ether oxygens (including phenoxy) is 2. The molecule has 0 spiro atoms. The van der Waals surface area contributed by atoms with E-state index in [1.807, 2.05) is 0 Å². The molecule has 2 aliphatic rings. The van der Waals surface area contributed by atoms with E-state index in [-0.39, 0.29) is 6.92 Å². The zero-order chi connectivity index (χ0) is 20.1. The van der Waals surface area contributed by atoms with Gasteiger partial charge in [-0.25, -0.2) is 8.78 Å². The summed E-state index contributed by atoms with van der Waals surface area (Å²) >= 11 is 0. The van der Waals surface area contributed by atoms with Gasteiger partial charge in [0, 0.05) is 6.42 Å². The maximum atomic E-state index is 14.3. The van der Waals surface area contributed by atoms with Crippen LogP contribution in [0.25, 0.3) is 0 Å². The zero-order valence-electron chi connectivity index (χ0n) is 12.1. The summed E-state index contributed by atoms with van der Waals surface area (Å²) in [6.07, 6.45) is -1.51. The van der Waals surface area contributed by atoms with Crippen LogP contribution in [0.2, 0.25) is 0 Å². The number of alkyl halides is 12. The normalized spacial score (nSPS) is 44.4. The molecule has 0 radical (unpaired) electrons. The molecular weight excluding hydrogens is 392 g/mol. The van der Waals surface area contributed by atoms with Crippen molar-refractivity contribution >= 4 is 0 Å². The highest BCUT2D eigenvalue weighted by molar-refractivity contribution is 5.26. The largest absolute Gasteiger partial charge is 0.384 e. The molecular formula is C11H8F12O2. The molecule has 0 bridgehead atoms. The molecule has 1 saturated heterocycles.